The molecule has 2 aliphatic rings. The van der Waals surface area contributed by atoms with Crippen LogP contribution >= 0.6 is 23.2 Å². The fourth-order valence-corrected chi connectivity index (χ4v) is 4.00. The van der Waals surface area contributed by atoms with Gasteiger partial charge in [0.2, 0.25) is 0 Å². The maximum absolute atomic E-state index is 6.10. The first kappa shape index (κ1) is 14.5. The summed E-state index contributed by atoms with van der Waals surface area (Å²) in [5, 5.41) is 1.20. The monoisotopic (exact) mass is 314 g/mol. The molecule has 0 saturated carbocycles. The topological polar surface area (TPSA) is 38.5 Å². The predicted molar refractivity (Wildman–Crippen MR) is 82.7 cm³/mol. The molecular weight excluding hydrogens is 295 g/mol. The van der Waals surface area contributed by atoms with E-state index in [1.165, 1.54) is 12.8 Å². The normalized spacial score (nSPS) is 29.6. The molecule has 2 bridgehead atoms. The van der Waals surface area contributed by atoms with Crippen LogP contribution in [0, 0.1) is 0 Å². The first-order valence-electron chi connectivity index (χ1n) is 7.22. The van der Waals surface area contributed by atoms with Crippen molar-refractivity contribution in [3.8, 4) is 5.75 Å². The summed E-state index contributed by atoms with van der Waals surface area (Å²) in [6.07, 6.45) is 4.80. The largest absolute Gasteiger partial charge is 0.491 e. The van der Waals surface area contributed by atoms with E-state index in [-0.39, 0.29) is 0 Å². The van der Waals surface area contributed by atoms with Gasteiger partial charge in [0, 0.05) is 29.7 Å². The van der Waals surface area contributed by atoms with E-state index in [2.05, 4.69) is 4.90 Å². The second kappa shape index (κ2) is 6.10. The van der Waals surface area contributed by atoms with Gasteiger partial charge < -0.3 is 10.5 Å². The summed E-state index contributed by atoms with van der Waals surface area (Å²) >= 11 is 12.0. The Bertz CT molecular complexity index is 469. The molecule has 2 fully saturated rings. The molecule has 20 heavy (non-hydrogen) atoms. The van der Waals surface area contributed by atoms with Crippen molar-refractivity contribution in [3.05, 3.63) is 28.2 Å². The van der Waals surface area contributed by atoms with Gasteiger partial charge in [-0.25, -0.2) is 0 Å². The lowest BCUT2D eigenvalue weighted by Gasteiger charge is -2.37. The second-order valence-corrected chi connectivity index (χ2v) is 6.62. The highest BCUT2D eigenvalue weighted by Crippen LogP contribution is 2.35. The Labute approximate surface area is 130 Å². The maximum Gasteiger partial charge on any atom is 0.138 e. The molecule has 0 radical (unpaired) electrons. The van der Waals surface area contributed by atoms with E-state index < -0.39 is 0 Å². The van der Waals surface area contributed by atoms with E-state index in [0.717, 1.165) is 19.4 Å². The first-order chi connectivity index (χ1) is 9.63. The van der Waals surface area contributed by atoms with Crippen LogP contribution in [0.15, 0.2) is 18.2 Å². The first-order valence-corrected chi connectivity index (χ1v) is 7.98. The van der Waals surface area contributed by atoms with Gasteiger partial charge in [-0.15, -0.1) is 0 Å². The van der Waals surface area contributed by atoms with Gasteiger partial charge in [0.25, 0.3) is 0 Å². The lowest BCUT2D eigenvalue weighted by Crippen LogP contribution is -2.48. The number of hydrogen-bond acceptors (Lipinski definition) is 3. The van der Waals surface area contributed by atoms with Gasteiger partial charge in [0.15, 0.2) is 0 Å². The third kappa shape index (κ3) is 3.06. The summed E-state index contributed by atoms with van der Waals surface area (Å²) in [6, 6.07) is 7.01. The molecule has 5 heteroatoms. The third-order valence-corrected chi connectivity index (χ3v) is 4.95. The van der Waals surface area contributed by atoms with E-state index >= 15 is 0 Å². The minimum atomic E-state index is 0.385. The number of nitrogens with zero attached hydrogens (tertiary/aromatic N) is 1. The molecule has 3 rings (SSSR count). The van der Waals surface area contributed by atoms with Crippen molar-refractivity contribution in [1.29, 1.82) is 0 Å². The number of piperidine rings is 1. The number of ether oxygens (including phenoxy) is 1. The zero-order chi connectivity index (χ0) is 14.1. The van der Waals surface area contributed by atoms with Crippen LogP contribution in [0.3, 0.4) is 0 Å². The van der Waals surface area contributed by atoms with Crippen LogP contribution < -0.4 is 10.5 Å². The fourth-order valence-electron chi connectivity index (χ4n) is 3.53. The highest BCUT2D eigenvalue weighted by Gasteiger charge is 2.39. The summed E-state index contributed by atoms with van der Waals surface area (Å²) in [6.45, 7) is 1.60. The Balaban J connectivity index is 1.53. The van der Waals surface area contributed by atoms with Crippen molar-refractivity contribution in [1.82, 2.24) is 4.90 Å². The molecule has 2 heterocycles. The lowest BCUT2D eigenvalue weighted by molar-refractivity contribution is 0.106. The number of benzene rings is 1. The van der Waals surface area contributed by atoms with Crippen LogP contribution in [0.1, 0.15) is 25.7 Å². The standard InChI is InChI=1S/C15H20Cl2N2O/c16-10-1-4-15(14(17)7-10)20-6-5-19-12-2-3-13(19)9-11(18)8-12/h1,4,7,11-13H,2-3,5-6,8-9,18H2. The van der Waals surface area contributed by atoms with Crippen molar-refractivity contribution < 1.29 is 4.74 Å². The highest BCUT2D eigenvalue weighted by atomic mass is 35.5. The molecule has 2 unspecified atom stereocenters. The Hall–Kier alpha value is -0.480. The molecule has 1 aromatic carbocycles. The van der Waals surface area contributed by atoms with Crippen LogP contribution in [0.25, 0.3) is 0 Å². The molecule has 0 amide bonds. The van der Waals surface area contributed by atoms with E-state index in [1.54, 1.807) is 12.1 Å². The molecule has 0 aliphatic carbocycles. The van der Waals surface area contributed by atoms with E-state index in [4.69, 9.17) is 33.7 Å². The Kier molecular flexibility index (Phi) is 4.41. The van der Waals surface area contributed by atoms with Gasteiger partial charge in [0.05, 0.1) is 5.02 Å². The number of nitrogens with two attached hydrogens (primary N) is 1. The minimum absolute atomic E-state index is 0.385. The van der Waals surface area contributed by atoms with Crippen LogP contribution in [0.4, 0.5) is 0 Å². The number of hydrogen-bond donors (Lipinski definition) is 1. The van der Waals surface area contributed by atoms with Crippen LogP contribution in [-0.4, -0.2) is 36.2 Å². The lowest BCUT2D eigenvalue weighted by atomic mass is 9.98. The van der Waals surface area contributed by atoms with Gasteiger partial charge in [-0.1, -0.05) is 23.2 Å². The Morgan fingerprint density at radius 1 is 1.20 bits per heavy atom. The highest BCUT2D eigenvalue weighted by molar-refractivity contribution is 6.35. The summed E-state index contributed by atoms with van der Waals surface area (Å²) in [5.74, 6) is 0.706. The summed E-state index contributed by atoms with van der Waals surface area (Å²) < 4.78 is 5.78. The summed E-state index contributed by atoms with van der Waals surface area (Å²) in [4.78, 5) is 2.56. The van der Waals surface area contributed by atoms with Gasteiger partial charge in [-0.3, -0.25) is 4.90 Å². The molecule has 0 aromatic heterocycles. The maximum atomic E-state index is 6.10. The molecule has 2 N–H and O–H groups in total. The fraction of sp³-hybridized carbons (Fsp3) is 0.600. The van der Waals surface area contributed by atoms with Gasteiger partial charge in [-0.2, -0.15) is 0 Å². The Morgan fingerprint density at radius 3 is 2.55 bits per heavy atom. The van der Waals surface area contributed by atoms with Gasteiger partial charge in [0.1, 0.15) is 12.4 Å². The summed E-state index contributed by atoms with van der Waals surface area (Å²) in [5.41, 5.74) is 6.08. The molecule has 1 aromatic rings. The van der Waals surface area contributed by atoms with E-state index in [0.29, 0.717) is 40.5 Å². The zero-order valence-corrected chi connectivity index (χ0v) is 12.9. The van der Waals surface area contributed by atoms with Crippen LogP contribution in [0.2, 0.25) is 10.0 Å². The SMILES string of the molecule is NC1CC2CCC(C1)N2CCOc1ccc(Cl)cc1Cl. The molecule has 2 atom stereocenters. The van der Waals surface area contributed by atoms with Crippen molar-refractivity contribution in [2.75, 3.05) is 13.2 Å². The van der Waals surface area contributed by atoms with Crippen LogP contribution in [-0.2, 0) is 0 Å². The average Bonchev–Trinajstić information content (AvgIpc) is 2.64. The predicted octanol–water partition coefficient (Wildman–Crippen LogP) is 3.33. The van der Waals surface area contributed by atoms with E-state index in [1.807, 2.05) is 6.07 Å². The number of rotatable bonds is 4. The van der Waals surface area contributed by atoms with Crippen molar-refractivity contribution in [2.24, 2.45) is 5.73 Å². The van der Waals surface area contributed by atoms with Crippen molar-refractivity contribution in [3.63, 3.8) is 0 Å². The number of fused-ring (bicyclic) bond motifs is 2. The Morgan fingerprint density at radius 2 is 1.90 bits per heavy atom. The molecule has 110 valence electrons. The molecule has 3 nitrogen and oxygen atoms in total. The quantitative estimate of drug-likeness (QED) is 0.926. The second-order valence-electron chi connectivity index (χ2n) is 5.78. The summed E-state index contributed by atoms with van der Waals surface area (Å²) in [7, 11) is 0. The average molecular weight is 315 g/mol. The van der Waals surface area contributed by atoms with Crippen molar-refractivity contribution in [2.45, 2.75) is 43.8 Å². The minimum Gasteiger partial charge on any atom is -0.491 e. The zero-order valence-electron chi connectivity index (χ0n) is 11.4. The molecule has 0 spiro atoms. The van der Waals surface area contributed by atoms with Crippen LogP contribution in [0.5, 0.6) is 5.75 Å². The molecule has 2 saturated heterocycles. The van der Waals surface area contributed by atoms with Gasteiger partial charge in [-0.05, 0) is 43.9 Å². The van der Waals surface area contributed by atoms with E-state index in [9.17, 15) is 0 Å². The van der Waals surface area contributed by atoms with Crippen molar-refractivity contribution >= 4 is 23.2 Å². The number of halogens is 2. The molecular formula is C15H20Cl2N2O. The van der Waals surface area contributed by atoms with Gasteiger partial charge >= 0.3 is 0 Å². The smallest absolute Gasteiger partial charge is 0.138 e. The molecule has 2 aliphatic heterocycles. The third-order valence-electron chi connectivity index (χ3n) is 4.42.